The van der Waals surface area contributed by atoms with Crippen LogP contribution < -0.4 is 4.74 Å². The van der Waals surface area contributed by atoms with Crippen LogP contribution in [0.1, 0.15) is 34.7 Å². The van der Waals surface area contributed by atoms with Crippen LogP contribution in [0.15, 0.2) is 78.9 Å². The predicted octanol–water partition coefficient (Wildman–Crippen LogP) is 6.60. The summed E-state index contributed by atoms with van der Waals surface area (Å²) in [4.78, 5) is 24.9. The zero-order valence-corrected chi connectivity index (χ0v) is 21.9. The minimum atomic E-state index is -0.277. The van der Waals surface area contributed by atoms with E-state index in [-0.39, 0.29) is 30.6 Å². The maximum Gasteiger partial charge on any atom is 0.410 e. The summed E-state index contributed by atoms with van der Waals surface area (Å²) in [6.45, 7) is 5.09. The second-order valence-corrected chi connectivity index (χ2v) is 10.3. The molecule has 2 aliphatic heterocycles. The number of carbonyl (C=O) groups is 1. The molecular weight excluding hydrogens is 474 g/mol. The number of rotatable bonds is 5. The highest BCUT2D eigenvalue weighted by Gasteiger charge is 2.42. The molecule has 1 amide bonds. The zero-order valence-electron chi connectivity index (χ0n) is 21.9. The molecule has 1 fully saturated rings. The molecule has 4 aromatic rings. The fourth-order valence-electron chi connectivity index (χ4n) is 5.85. The minimum absolute atomic E-state index is 0.0872. The highest BCUT2D eigenvalue weighted by molar-refractivity contribution is 5.81. The number of carbonyl (C=O) groups excluding carboxylic acids is 1. The molecule has 2 aromatic heterocycles. The second-order valence-electron chi connectivity index (χ2n) is 10.3. The molecule has 1 saturated heterocycles. The topological polar surface area (TPSA) is 64.5 Å². The fraction of sp³-hybridized carbons (Fsp3) is 0.281. The Morgan fingerprint density at radius 1 is 1.00 bits per heavy atom. The Hall–Kier alpha value is -4.19. The van der Waals surface area contributed by atoms with Crippen LogP contribution in [0.3, 0.4) is 0 Å². The summed E-state index contributed by atoms with van der Waals surface area (Å²) in [7, 11) is 1.69. The summed E-state index contributed by atoms with van der Waals surface area (Å²) in [5, 5.41) is 0.983. The molecule has 7 rings (SSSR count). The molecule has 3 aliphatic rings. The first-order chi connectivity index (χ1) is 18.5. The lowest BCUT2D eigenvalue weighted by atomic mass is 9.76. The molecule has 2 aromatic carbocycles. The molecule has 3 unspecified atom stereocenters. The van der Waals surface area contributed by atoms with E-state index in [0.29, 0.717) is 12.2 Å². The van der Waals surface area contributed by atoms with Gasteiger partial charge in [-0.25, -0.2) is 14.8 Å². The molecular formula is C32H31N3O3. The smallest absolute Gasteiger partial charge is 0.410 e. The van der Waals surface area contributed by atoms with Crippen molar-refractivity contribution in [2.24, 2.45) is 5.92 Å². The second kappa shape index (κ2) is 9.93. The number of methoxy groups -OCH3 is 1. The van der Waals surface area contributed by atoms with E-state index in [1.807, 2.05) is 47.4 Å². The van der Waals surface area contributed by atoms with Crippen molar-refractivity contribution in [2.75, 3.05) is 13.7 Å². The summed E-state index contributed by atoms with van der Waals surface area (Å²) in [6.07, 6.45) is 5.04. The van der Waals surface area contributed by atoms with Crippen LogP contribution in [0.5, 0.6) is 5.75 Å². The van der Waals surface area contributed by atoms with Gasteiger partial charge in [-0.05, 0) is 73.2 Å². The summed E-state index contributed by atoms with van der Waals surface area (Å²) in [6, 6.07) is 22.1. The number of nitrogens with zero attached hydrogens (tertiary/aromatic N) is 3. The number of hydrogen-bond acceptors (Lipinski definition) is 5. The number of piperidine rings is 1. The Morgan fingerprint density at radius 2 is 1.82 bits per heavy atom. The lowest BCUT2D eigenvalue weighted by molar-refractivity contribution is 0.0580. The molecule has 0 spiro atoms. The standard InChI is InChI=1S/C32H31N3O3/c1-20-15-21(2)30(29(16-20)37-3)27-13-11-24-10-12-26(33-31(24)34-27)25-17-23-9-14-28(25)35(18-23)32(36)38-19-22-7-5-4-6-8-22/h4-16,23,25,28H,17-19H2,1-3H3. The maximum absolute atomic E-state index is 13.1. The zero-order chi connectivity index (χ0) is 26.2. The lowest BCUT2D eigenvalue weighted by Crippen LogP contribution is -2.52. The Bertz CT molecular complexity index is 1530. The van der Waals surface area contributed by atoms with Gasteiger partial charge in [0.15, 0.2) is 5.65 Å². The van der Waals surface area contributed by atoms with Crippen LogP contribution in [0.2, 0.25) is 0 Å². The number of amides is 1. The van der Waals surface area contributed by atoms with Crippen molar-refractivity contribution in [3.8, 4) is 17.0 Å². The number of pyridine rings is 2. The molecule has 1 aliphatic carbocycles. The Kier molecular flexibility index (Phi) is 6.32. The van der Waals surface area contributed by atoms with Crippen LogP contribution in [0.25, 0.3) is 22.3 Å². The maximum atomic E-state index is 13.1. The van der Waals surface area contributed by atoms with Gasteiger partial charge in [0.2, 0.25) is 0 Å². The fourth-order valence-corrected chi connectivity index (χ4v) is 5.85. The summed E-state index contributed by atoms with van der Waals surface area (Å²) in [5.74, 6) is 1.18. The van der Waals surface area contributed by atoms with Gasteiger partial charge in [0.05, 0.1) is 18.8 Å². The average molecular weight is 506 g/mol. The van der Waals surface area contributed by atoms with Crippen molar-refractivity contribution in [1.82, 2.24) is 14.9 Å². The first-order valence-corrected chi connectivity index (χ1v) is 13.1. The minimum Gasteiger partial charge on any atom is -0.496 e. The van der Waals surface area contributed by atoms with Crippen LogP contribution in [-0.4, -0.2) is 40.7 Å². The largest absolute Gasteiger partial charge is 0.496 e. The molecule has 192 valence electrons. The highest BCUT2D eigenvalue weighted by atomic mass is 16.6. The van der Waals surface area contributed by atoms with Crippen LogP contribution in [-0.2, 0) is 11.3 Å². The number of hydrogen-bond donors (Lipinski definition) is 0. The van der Waals surface area contributed by atoms with Crippen molar-refractivity contribution in [3.05, 3.63) is 101 Å². The van der Waals surface area contributed by atoms with E-state index < -0.39 is 0 Å². The monoisotopic (exact) mass is 505 g/mol. The van der Waals surface area contributed by atoms with Crippen molar-refractivity contribution >= 4 is 17.1 Å². The van der Waals surface area contributed by atoms with Crippen LogP contribution >= 0.6 is 0 Å². The first kappa shape index (κ1) is 24.2. The van der Waals surface area contributed by atoms with Crippen molar-refractivity contribution < 1.29 is 14.3 Å². The van der Waals surface area contributed by atoms with Crippen molar-refractivity contribution in [1.29, 1.82) is 0 Å². The number of ether oxygens (including phenoxy) is 2. The Labute approximate surface area is 222 Å². The van der Waals surface area contributed by atoms with E-state index in [9.17, 15) is 4.79 Å². The van der Waals surface area contributed by atoms with E-state index in [1.54, 1.807) is 7.11 Å². The Balaban J connectivity index is 1.28. The van der Waals surface area contributed by atoms with Crippen molar-refractivity contribution in [2.45, 2.75) is 38.8 Å². The van der Waals surface area contributed by atoms with E-state index >= 15 is 0 Å². The van der Waals surface area contributed by atoms with Crippen LogP contribution in [0.4, 0.5) is 4.79 Å². The molecule has 0 N–H and O–H groups in total. The van der Waals surface area contributed by atoms with Gasteiger partial charge in [0.25, 0.3) is 0 Å². The molecule has 2 bridgehead atoms. The first-order valence-electron chi connectivity index (χ1n) is 13.1. The van der Waals surface area contributed by atoms with Gasteiger partial charge in [-0.3, -0.25) is 0 Å². The average Bonchev–Trinajstić information content (AvgIpc) is 2.95. The SMILES string of the molecule is COc1cc(C)cc(C)c1-c1ccc2ccc(C3CC4C=CC3N(C(=O)OCc3ccccc3)C4)nc2n1. The predicted molar refractivity (Wildman–Crippen MR) is 148 cm³/mol. The van der Waals surface area contributed by atoms with E-state index in [1.165, 1.54) is 0 Å². The van der Waals surface area contributed by atoms with Gasteiger partial charge in [-0.2, -0.15) is 0 Å². The molecule has 6 nitrogen and oxygen atoms in total. The number of aromatic nitrogens is 2. The van der Waals surface area contributed by atoms with Crippen LogP contribution in [0, 0.1) is 19.8 Å². The third-order valence-electron chi connectivity index (χ3n) is 7.65. The molecule has 38 heavy (non-hydrogen) atoms. The van der Waals surface area contributed by atoms with Gasteiger partial charge in [0, 0.05) is 29.1 Å². The van der Waals surface area contributed by atoms with E-state index in [2.05, 4.69) is 50.3 Å². The van der Waals surface area contributed by atoms with Gasteiger partial charge < -0.3 is 14.4 Å². The van der Waals surface area contributed by atoms with Gasteiger partial charge in [-0.1, -0.05) is 48.6 Å². The lowest BCUT2D eigenvalue weighted by Gasteiger charge is -2.45. The summed E-state index contributed by atoms with van der Waals surface area (Å²) >= 11 is 0. The quantitative estimate of drug-likeness (QED) is 0.286. The van der Waals surface area contributed by atoms with E-state index in [4.69, 9.17) is 19.4 Å². The number of aryl methyl sites for hydroxylation is 2. The molecule has 6 heteroatoms. The molecule has 0 saturated carbocycles. The van der Waals surface area contributed by atoms with Gasteiger partial charge in [0.1, 0.15) is 12.4 Å². The number of fused-ring (bicyclic) bond motifs is 3. The normalized spacial score (nSPS) is 20.1. The number of benzene rings is 2. The van der Waals surface area contributed by atoms with Crippen molar-refractivity contribution in [3.63, 3.8) is 0 Å². The van der Waals surface area contributed by atoms with Gasteiger partial charge >= 0.3 is 6.09 Å². The molecule has 3 atom stereocenters. The van der Waals surface area contributed by atoms with Gasteiger partial charge in [-0.15, -0.1) is 0 Å². The summed E-state index contributed by atoms with van der Waals surface area (Å²) < 4.78 is 11.4. The molecule has 4 heterocycles. The third kappa shape index (κ3) is 4.51. The van der Waals surface area contributed by atoms with E-state index in [0.717, 1.165) is 51.2 Å². The Morgan fingerprint density at radius 3 is 2.61 bits per heavy atom. The molecule has 0 radical (unpaired) electrons. The highest BCUT2D eigenvalue weighted by Crippen LogP contribution is 2.41. The summed E-state index contributed by atoms with van der Waals surface area (Å²) in [5.41, 5.74) is 6.72. The third-order valence-corrected chi connectivity index (χ3v) is 7.65.